The number of amides is 1. The number of rotatable bonds is 6. The van der Waals surface area contributed by atoms with Gasteiger partial charge in [0.2, 0.25) is 0 Å². The first kappa shape index (κ1) is 15.2. The minimum Gasteiger partial charge on any atom is -0.467 e. The number of thiazole rings is 1. The molecule has 1 fully saturated rings. The van der Waals surface area contributed by atoms with Crippen LogP contribution in [-0.2, 0) is 17.7 Å². The van der Waals surface area contributed by atoms with Crippen LogP contribution in [0.4, 0.5) is 0 Å². The topological polar surface area (TPSA) is 67.6 Å². The summed E-state index contributed by atoms with van der Waals surface area (Å²) in [5.74, 6) is 0.707. The van der Waals surface area contributed by atoms with Gasteiger partial charge in [0.15, 0.2) is 0 Å². The lowest BCUT2D eigenvalue weighted by Gasteiger charge is -2.25. The summed E-state index contributed by atoms with van der Waals surface area (Å²) in [6.07, 6.45) is 2.27. The van der Waals surface area contributed by atoms with E-state index in [2.05, 4.69) is 15.2 Å². The molecule has 3 heterocycles. The second-order valence-corrected chi connectivity index (χ2v) is 5.89. The third-order valence-electron chi connectivity index (χ3n) is 3.55. The second-order valence-electron chi connectivity index (χ2n) is 5.18. The van der Waals surface area contributed by atoms with Gasteiger partial charge < -0.3 is 14.5 Å². The van der Waals surface area contributed by atoms with Crippen molar-refractivity contribution in [3.63, 3.8) is 0 Å². The molecule has 0 saturated carbocycles. The number of morpholine rings is 1. The Morgan fingerprint density at radius 1 is 1.41 bits per heavy atom. The maximum absolute atomic E-state index is 12.1. The van der Waals surface area contributed by atoms with E-state index in [1.54, 1.807) is 16.8 Å². The Labute approximate surface area is 133 Å². The molecule has 1 saturated heterocycles. The summed E-state index contributed by atoms with van der Waals surface area (Å²) in [7, 11) is 0. The Hall–Kier alpha value is -1.70. The van der Waals surface area contributed by atoms with Crippen molar-refractivity contribution in [2.45, 2.75) is 13.0 Å². The Balaban J connectivity index is 1.46. The van der Waals surface area contributed by atoms with Crippen LogP contribution in [0.3, 0.4) is 0 Å². The fourth-order valence-electron chi connectivity index (χ4n) is 2.33. The van der Waals surface area contributed by atoms with Gasteiger partial charge >= 0.3 is 0 Å². The normalized spacial score (nSPS) is 15.8. The van der Waals surface area contributed by atoms with Crippen molar-refractivity contribution in [2.75, 3.05) is 32.8 Å². The molecule has 22 heavy (non-hydrogen) atoms. The highest BCUT2D eigenvalue weighted by Gasteiger charge is 2.15. The lowest BCUT2D eigenvalue weighted by molar-refractivity contribution is 0.0313. The Bertz CT molecular complexity index is 591. The van der Waals surface area contributed by atoms with Gasteiger partial charge in [0.25, 0.3) is 5.91 Å². The van der Waals surface area contributed by atoms with E-state index in [0.717, 1.165) is 50.7 Å². The van der Waals surface area contributed by atoms with Crippen LogP contribution in [0.15, 0.2) is 27.6 Å². The summed E-state index contributed by atoms with van der Waals surface area (Å²) in [5, 5.41) is 4.88. The Morgan fingerprint density at radius 3 is 3.05 bits per heavy atom. The molecule has 0 spiro atoms. The number of nitrogens with zero attached hydrogens (tertiary/aromatic N) is 2. The minimum absolute atomic E-state index is 0.104. The van der Waals surface area contributed by atoms with Crippen LogP contribution >= 0.6 is 11.3 Å². The zero-order valence-electron chi connectivity index (χ0n) is 12.3. The van der Waals surface area contributed by atoms with E-state index in [9.17, 15) is 4.79 Å². The molecular weight excluding hydrogens is 302 g/mol. The zero-order chi connectivity index (χ0) is 15.2. The average molecular weight is 321 g/mol. The van der Waals surface area contributed by atoms with E-state index in [0.29, 0.717) is 12.1 Å². The van der Waals surface area contributed by atoms with Crippen molar-refractivity contribution in [2.24, 2.45) is 0 Å². The maximum atomic E-state index is 12.1. The Kier molecular flexibility index (Phi) is 5.20. The van der Waals surface area contributed by atoms with Gasteiger partial charge in [-0.05, 0) is 6.07 Å². The van der Waals surface area contributed by atoms with Crippen LogP contribution in [0.2, 0.25) is 0 Å². The summed E-state index contributed by atoms with van der Waals surface area (Å²) in [5.41, 5.74) is 3.37. The molecule has 0 unspecified atom stereocenters. The van der Waals surface area contributed by atoms with E-state index in [1.807, 2.05) is 11.4 Å². The number of ether oxygens (including phenoxy) is 1. The van der Waals surface area contributed by atoms with Crippen molar-refractivity contribution < 1.29 is 13.9 Å². The standard InChI is InChI=1S/C15H19N3O3S/c19-15(16-2-1-13-10-22-11-17-13)12-7-14(21-9-12)8-18-3-5-20-6-4-18/h7,9-11H,1-6,8H2,(H,16,19). The monoisotopic (exact) mass is 321 g/mol. The minimum atomic E-state index is -0.104. The third kappa shape index (κ3) is 4.16. The van der Waals surface area contributed by atoms with Crippen LogP contribution in [0.1, 0.15) is 21.8 Å². The van der Waals surface area contributed by atoms with Gasteiger partial charge in [-0.25, -0.2) is 4.98 Å². The second kappa shape index (κ2) is 7.53. The summed E-state index contributed by atoms with van der Waals surface area (Å²) in [6, 6.07) is 1.81. The van der Waals surface area contributed by atoms with Gasteiger partial charge in [-0.2, -0.15) is 0 Å². The molecule has 2 aromatic rings. The van der Waals surface area contributed by atoms with Crippen LogP contribution in [0, 0.1) is 0 Å². The lowest BCUT2D eigenvalue weighted by atomic mass is 10.2. The van der Waals surface area contributed by atoms with E-state index in [4.69, 9.17) is 9.15 Å². The number of nitrogens with one attached hydrogen (secondary N) is 1. The van der Waals surface area contributed by atoms with E-state index in [1.165, 1.54) is 6.26 Å². The fourth-order valence-corrected chi connectivity index (χ4v) is 2.92. The molecule has 1 N–H and O–H groups in total. The van der Waals surface area contributed by atoms with Crippen molar-refractivity contribution in [3.05, 3.63) is 40.2 Å². The van der Waals surface area contributed by atoms with Crippen LogP contribution in [0.5, 0.6) is 0 Å². The lowest BCUT2D eigenvalue weighted by Crippen LogP contribution is -2.35. The van der Waals surface area contributed by atoms with Gasteiger partial charge in [0.05, 0.1) is 36.5 Å². The van der Waals surface area contributed by atoms with Gasteiger partial charge in [0, 0.05) is 31.4 Å². The molecule has 0 aliphatic carbocycles. The summed E-state index contributed by atoms with van der Waals surface area (Å²) >= 11 is 1.56. The zero-order valence-corrected chi connectivity index (χ0v) is 13.1. The number of carbonyl (C=O) groups excluding carboxylic acids is 1. The highest BCUT2D eigenvalue weighted by molar-refractivity contribution is 7.07. The molecule has 3 rings (SSSR count). The molecule has 6 nitrogen and oxygen atoms in total. The highest BCUT2D eigenvalue weighted by atomic mass is 32.1. The smallest absolute Gasteiger partial charge is 0.254 e. The molecule has 118 valence electrons. The largest absolute Gasteiger partial charge is 0.467 e. The van der Waals surface area contributed by atoms with Crippen molar-refractivity contribution in [1.29, 1.82) is 0 Å². The van der Waals surface area contributed by atoms with Crippen LogP contribution in [-0.4, -0.2) is 48.6 Å². The SMILES string of the molecule is O=C(NCCc1cscn1)c1coc(CN2CCOCC2)c1. The number of carbonyl (C=O) groups is 1. The van der Waals surface area contributed by atoms with Gasteiger partial charge in [0.1, 0.15) is 12.0 Å². The molecule has 2 aromatic heterocycles. The van der Waals surface area contributed by atoms with Crippen LogP contribution < -0.4 is 5.32 Å². The summed E-state index contributed by atoms with van der Waals surface area (Å²) < 4.78 is 10.8. The molecule has 7 heteroatoms. The van der Waals surface area contributed by atoms with Gasteiger partial charge in [-0.1, -0.05) is 0 Å². The number of hydrogen-bond donors (Lipinski definition) is 1. The predicted octanol–water partition coefficient (Wildman–Crippen LogP) is 1.54. The average Bonchev–Trinajstić information content (AvgIpc) is 3.20. The summed E-state index contributed by atoms with van der Waals surface area (Å²) in [4.78, 5) is 18.5. The van der Waals surface area contributed by atoms with E-state index in [-0.39, 0.29) is 5.91 Å². The van der Waals surface area contributed by atoms with Gasteiger partial charge in [-0.3, -0.25) is 9.69 Å². The third-order valence-corrected chi connectivity index (χ3v) is 4.18. The molecule has 0 radical (unpaired) electrons. The maximum Gasteiger partial charge on any atom is 0.254 e. The number of aromatic nitrogens is 1. The molecule has 0 aromatic carbocycles. The molecular formula is C15H19N3O3S. The van der Waals surface area contributed by atoms with Crippen molar-refractivity contribution in [3.8, 4) is 0 Å². The molecule has 1 aliphatic rings. The summed E-state index contributed by atoms with van der Waals surface area (Å²) in [6.45, 7) is 4.60. The first-order valence-corrected chi connectivity index (χ1v) is 8.28. The van der Waals surface area contributed by atoms with E-state index < -0.39 is 0 Å². The molecule has 1 aliphatic heterocycles. The fraction of sp³-hybridized carbons (Fsp3) is 0.467. The van der Waals surface area contributed by atoms with Crippen molar-refractivity contribution >= 4 is 17.2 Å². The van der Waals surface area contributed by atoms with Crippen LogP contribution in [0.25, 0.3) is 0 Å². The predicted molar refractivity (Wildman–Crippen MR) is 83.0 cm³/mol. The number of furan rings is 1. The number of hydrogen-bond acceptors (Lipinski definition) is 6. The van der Waals surface area contributed by atoms with Gasteiger partial charge in [-0.15, -0.1) is 11.3 Å². The van der Waals surface area contributed by atoms with E-state index >= 15 is 0 Å². The van der Waals surface area contributed by atoms with Crippen molar-refractivity contribution in [1.82, 2.24) is 15.2 Å². The first-order chi connectivity index (χ1) is 10.8. The molecule has 1 amide bonds. The first-order valence-electron chi connectivity index (χ1n) is 7.34. The molecule has 0 bridgehead atoms. The highest BCUT2D eigenvalue weighted by Crippen LogP contribution is 2.12. The Morgan fingerprint density at radius 2 is 2.27 bits per heavy atom. The molecule has 0 atom stereocenters. The quantitative estimate of drug-likeness (QED) is 0.874.